The van der Waals surface area contributed by atoms with Crippen LogP contribution in [0.15, 0.2) is 42.5 Å². The van der Waals surface area contributed by atoms with Crippen LogP contribution >= 0.6 is 0 Å². The second-order valence-electron chi connectivity index (χ2n) is 5.69. The molecular formula is C17H14N4O7. The lowest BCUT2D eigenvalue weighted by Crippen LogP contribution is -1.97. The highest BCUT2D eigenvalue weighted by atomic mass is 16.6. The van der Waals surface area contributed by atoms with E-state index in [0.29, 0.717) is 12.1 Å². The Kier molecular flexibility index (Phi) is 5.79. The molecule has 3 rings (SSSR count). The molecule has 11 nitrogen and oxygen atoms in total. The fraction of sp³-hybridized carbons (Fsp3) is 0.118. The van der Waals surface area contributed by atoms with E-state index in [-0.39, 0.29) is 0 Å². The standard InChI is InChI=1S/C11H11N.C6H3N3O7/c1-8-7-10-5-3-4-6-11(10)12-9(8)2;10-6-4(8(13)14)1-3(7(11)12)2-5(6)9(15)16/h3-7H,1-2H3;1-2,10H. The van der Waals surface area contributed by atoms with Crippen molar-refractivity contribution in [3.63, 3.8) is 0 Å². The number of fused-ring (bicyclic) bond motifs is 1. The lowest BCUT2D eigenvalue weighted by molar-refractivity contribution is -0.404. The second kappa shape index (κ2) is 8.03. The summed E-state index contributed by atoms with van der Waals surface area (Å²) in [6.07, 6.45) is 0. The van der Waals surface area contributed by atoms with Gasteiger partial charge in [-0.1, -0.05) is 18.2 Å². The molecule has 0 fully saturated rings. The van der Waals surface area contributed by atoms with E-state index in [2.05, 4.69) is 24.0 Å². The number of pyridine rings is 1. The first-order valence-corrected chi connectivity index (χ1v) is 7.75. The predicted octanol–water partition coefficient (Wildman–Crippen LogP) is 3.97. The molecule has 1 aromatic heterocycles. The van der Waals surface area contributed by atoms with Gasteiger partial charge in [0.2, 0.25) is 0 Å². The summed E-state index contributed by atoms with van der Waals surface area (Å²) in [5.41, 5.74) is 0.459. The summed E-state index contributed by atoms with van der Waals surface area (Å²) in [6, 6.07) is 11.3. The largest absolute Gasteiger partial charge is 0.497 e. The SMILES string of the molecule is Cc1cc2ccccc2nc1C.O=[N+]([O-])c1cc([N+](=O)[O-])c(O)c([N+](=O)[O-])c1. The maximum atomic E-state index is 10.4. The van der Waals surface area contributed by atoms with Gasteiger partial charge in [-0.15, -0.1) is 0 Å². The summed E-state index contributed by atoms with van der Waals surface area (Å²) in [4.78, 5) is 32.2. The van der Waals surface area contributed by atoms with Crippen LogP contribution in [0.2, 0.25) is 0 Å². The van der Waals surface area contributed by atoms with Gasteiger partial charge in [-0.05, 0) is 31.5 Å². The molecule has 0 radical (unpaired) electrons. The number of phenols is 1. The molecule has 0 saturated heterocycles. The summed E-state index contributed by atoms with van der Waals surface area (Å²) in [7, 11) is 0. The van der Waals surface area contributed by atoms with E-state index in [1.165, 1.54) is 10.9 Å². The van der Waals surface area contributed by atoms with Gasteiger partial charge in [0.05, 0.1) is 32.4 Å². The van der Waals surface area contributed by atoms with Crippen LogP contribution in [0.1, 0.15) is 11.3 Å². The lowest BCUT2D eigenvalue weighted by Gasteiger charge is -2.01. The summed E-state index contributed by atoms with van der Waals surface area (Å²) >= 11 is 0. The number of nitrogens with zero attached hydrogens (tertiary/aromatic N) is 4. The van der Waals surface area contributed by atoms with Gasteiger partial charge in [0.25, 0.3) is 11.4 Å². The minimum Gasteiger partial charge on any atom is -0.497 e. The number of hydrogen-bond acceptors (Lipinski definition) is 8. The van der Waals surface area contributed by atoms with Gasteiger partial charge in [0, 0.05) is 11.1 Å². The van der Waals surface area contributed by atoms with Crippen molar-refractivity contribution >= 4 is 28.0 Å². The van der Waals surface area contributed by atoms with Crippen molar-refractivity contribution in [2.24, 2.45) is 0 Å². The Bertz CT molecular complexity index is 1020. The fourth-order valence-corrected chi connectivity index (χ4v) is 2.29. The van der Waals surface area contributed by atoms with Gasteiger partial charge in [0.15, 0.2) is 0 Å². The number of non-ortho nitro benzene ring substituents is 1. The molecule has 0 bridgehead atoms. The fourth-order valence-electron chi connectivity index (χ4n) is 2.29. The zero-order valence-electron chi connectivity index (χ0n) is 14.7. The van der Waals surface area contributed by atoms with Crippen molar-refractivity contribution in [2.75, 3.05) is 0 Å². The first-order valence-electron chi connectivity index (χ1n) is 7.75. The summed E-state index contributed by atoms with van der Waals surface area (Å²) in [6.45, 7) is 4.14. The monoisotopic (exact) mass is 386 g/mol. The lowest BCUT2D eigenvalue weighted by atomic mass is 10.1. The number of aromatic nitrogens is 1. The van der Waals surface area contributed by atoms with Crippen LogP contribution < -0.4 is 0 Å². The topological polar surface area (TPSA) is 163 Å². The molecule has 144 valence electrons. The zero-order valence-corrected chi connectivity index (χ0v) is 14.7. The van der Waals surface area contributed by atoms with Gasteiger partial charge in [-0.25, -0.2) is 0 Å². The number of benzene rings is 2. The molecule has 0 spiro atoms. The van der Waals surface area contributed by atoms with Crippen molar-refractivity contribution in [3.8, 4) is 5.75 Å². The van der Waals surface area contributed by atoms with Crippen LogP contribution in [0, 0.1) is 44.2 Å². The number of nitro benzene ring substituents is 3. The number of hydrogen-bond donors (Lipinski definition) is 1. The quantitative estimate of drug-likeness (QED) is 0.522. The number of aromatic hydroxyl groups is 1. The van der Waals surface area contributed by atoms with E-state index < -0.39 is 37.6 Å². The zero-order chi connectivity index (χ0) is 21.0. The molecule has 0 atom stereocenters. The van der Waals surface area contributed by atoms with Crippen LogP contribution in [0.5, 0.6) is 5.75 Å². The van der Waals surface area contributed by atoms with Crippen molar-refractivity contribution < 1.29 is 19.9 Å². The van der Waals surface area contributed by atoms with E-state index in [0.717, 1.165) is 11.2 Å². The van der Waals surface area contributed by atoms with Gasteiger partial charge < -0.3 is 5.11 Å². The molecular weight excluding hydrogens is 372 g/mol. The van der Waals surface area contributed by atoms with E-state index in [4.69, 9.17) is 5.11 Å². The highest BCUT2D eigenvalue weighted by molar-refractivity contribution is 5.79. The first kappa shape index (κ1) is 20.2. The minimum absolute atomic E-state index is 0.447. The van der Waals surface area contributed by atoms with Gasteiger partial charge in [-0.2, -0.15) is 0 Å². The van der Waals surface area contributed by atoms with E-state index >= 15 is 0 Å². The maximum absolute atomic E-state index is 10.4. The van der Waals surface area contributed by atoms with Crippen LogP contribution in [-0.2, 0) is 0 Å². The third-order valence-corrected chi connectivity index (χ3v) is 3.83. The Morgan fingerprint density at radius 2 is 1.39 bits per heavy atom. The smallest absolute Gasteiger partial charge is 0.324 e. The summed E-state index contributed by atoms with van der Waals surface area (Å²) in [5.74, 6) is -1.21. The Labute approximate surface area is 157 Å². The Balaban J connectivity index is 0.000000207. The highest BCUT2D eigenvalue weighted by Crippen LogP contribution is 2.38. The summed E-state index contributed by atoms with van der Waals surface area (Å²) < 4.78 is 0. The van der Waals surface area contributed by atoms with E-state index in [9.17, 15) is 30.3 Å². The number of phenolic OH excluding ortho intramolecular Hbond substituents is 1. The molecule has 0 aliphatic rings. The molecule has 1 heterocycles. The van der Waals surface area contributed by atoms with Crippen molar-refractivity contribution in [3.05, 3.63) is 84.1 Å². The third-order valence-electron chi connectivity index (χ3n) is 3.83. The number of rotatable bonds is 3. The average molecular weight is 386 g/mol. The Hall–Kier alpha value is -4.15. The maximum Gasteiger partial charge on any atom is 0.324 e. The molecule has 28 heavy (non-hydrogen) atoms. The predicted molar refractivity (Wildman–Crippen MR) is 99.3 cm³/mol. The minimum atomic E-state index is -1.21. The highest BCUT2D eigenvalue weighted by Gasteiger charge is 2.30. The van der Waals surface area contributed by atoms with Crippen molar-refractivity contribution in [1.82, 2.24) is 4.98 Å². The number of nitro groups is 3. The number of aryl methyl sites for hydroxylation is 2. The van der Waals surface area contributed by atoms with E-state index in [1.807, 2.05) is 25.1 Å². The molecule has 3 aromatic rings. The van der Waals surface area contributed by atoms with Crippen molar-refractivity contribution in [2.45, 2.75) is 13.8 Å². The van der Waals surface area contributed by atoms with Gasteiger partial charge in [-0.3, -0.25) is 35.3 Å². The van der Waals surface area contributed by atoms with Crippen molar-refractivity contribution in [1.29, 1.82) is 0 Å². The molecule has 0 saturated carbocycles. The van der Waals surface area contributed by atoms with Crippen LogP contribution in [0.4, 0.5) is 17.1 Å². The molecule has 2 aromatic carbocycles. The molecule has 0 unspecified atom stereocenters. The molecule has 1 N–H and O–H groups in total. The molecule has 0 amide bonds. The number of para-hydroxylation sites is 1. The Morgan fingerprint density at radius 3 is 1.89 bits per heavy atom. The molecule has 0 aliphatic heterocycles. The van der Waals surface area contributed by atoms with E-state index in [1.54, 1.807) is 0 Å². The summed E-state index contributed by atoms with van der Waals surface area (Å²) in [5, 5.41) is 41.4. The Morgan fingerprint density at radius 1 is 0.857 bits per heavy atom. The second-order valence-corrected chi connectivity index (χ2v) is 5.69. The average Bonchev–Trinajstić information content (AvgIpc) is 2.62. The van der Waals surface area contributed by atoms with Gasteiger partial charge in [0.1, 0.15) is 0 Å². The normalized spacial score (nSPS) is 10.1. The van der Waals surface area contributed by atoms with Crippen LogP contribution in [0.3, 0.4) is 0 Å². The van der Waals surface area contributed by atoms with Gasteiger partial charge >= 0.3 is 11.4 Å². The van der Waals surface area contributed by atoms with Crippen LogP contribution in [-0.4, -0.2) is 24.9 Å². The molecule has 11 heteroatoms. The first-order chi connectivity index (χ1) is 13.1. The third kappa shape index (κ3) is 4.33. The van der Waals surface area contributed by atoms with Crippen LogP contribution in [0.25, 0.3) is 10.9 Å². The molecule has 0 aliphatic carbocycles.